The average molecular weight is 415 g/mol. The van der Waals surface area contributed by atoms with Gasteiger partial charge in [0, 0.05) is 23.2 Å². The second kappa shape index (κ2) is 10.00. The van der Waals surface area contributed by atoms with E-state index in [4.69, 9.17) is 0 Å². The van der Waals surface area contributed by atoms with E-state index in [0.717, 1.165) is 0 Å². The van der Waals surface area contributed by atoms with E-state index in [9.17, 15) is 36.6 Å². The smallest absolute Gasteiger partial charge is 0.332 e. The summed E-state index contributed by atoms with van der Waals surface area (Å²) in [5, 5.41) is 18.7. The predicted octanol–water partition coefficient (Wildman–Crippen LogP) is -0.112. The van der Waals surface area contributed by atoms with Crippen molar-refractivity contribution in [3.05, 3.63) is 11.1 Å². The maximum absolute atomic E-state index is 11.6. The van der Waals surface area contributed by atoms with Gasteiger partial charge in [-0.25, -0.2) is 35.9 Å². The molecule has 0 spiro atoms. The van der Waals surface area contributed by atoms with E-state index >= 15 is 0 Å². The molecule has 0 aliphatic carbocycles. The molecule has 10 nitrogen and oxygen atoms in total. The molecule has 0 amide bonds. The number of nitrogens with one attached hydrogen (secondary N) is 2. The van der Waals surface area contributed by atoms with E-state index in [1.807, 2.05) is 0 Å². The molecule has 0 saturated heterocycles. The van der Waals surface area contributed by atoms with E-state index < -0.39 is 55.2 Å². The highest BCUT2D eigenvalue weighted by atomic mass is 32.2. The summed E-state index contributed by atoms with van der Waals surface area (Å²) < 4.78 is 50.8. The van der Waals surface area contributed by atoms with Gasteiger partial charge in [0.1, 0.15) is 0 Å². The van der Waals surface area contributed by atoms with Crippen LogP contribution in [-0.2, 0) is 29.6 Å². The topological polar surface area (TPSA) is 167 Å². The molecular formula is C14H26N2O8S2. The van der Waals surface area contributed by atoms with Gasteiger partial charge in [0.15, 0.2) is 0 Å². The summed E-state index contributed by atoms with van der Waals surface area (Å²) in [7, 11) is -7.18. The van der Waals surface area contributed by atoms with Crippen LogP contribution < -0.4 is 9.44 Å². The van der Waals surface area contributed by atoms with Gasteiger partial charge >= 0.3 is 11.9 Å². The van der Waals surface area contributed by atoms with E-state index in [0.29, 0.717) is 0 Å². The molecule has 0 unspecified atom stereocenters. The molecule has 0 aliphatic heterocycles. The minimum Gasteiger partial charge on any atom is -0.478 e. The van der Waals surface area contributed by atoms with Crippen molar-refractivity contribution in [3.63, 3.8) is 0 Å². The van der Waals surface area contributed by atoms with Crippen LogP contribution in [0.3, 0.4) is 0 Å². The summed E-state index contributed by atoms with van der Waals surface area (Å²) in [6.45, 7) is 5.65. The fraction of sp³-hybridized carbons (Fsp3) is 0.714. The van der Waals surface area contributed by atoms with Crippen molar-refractivity contribution in [2.75, 3.05) is 11.5 Å². The molecule has 0 aromatic heterocycles. The normalized spacial score (nSPS) is 15.8. The molecule has 0 fully saturated rings. The molecule has 0 aromatic rings. The molecule has 2 atom stereocenters. The molecule has 26 heavy (non-hydrogen) atoms. The molecule has 0 heterocycles. The van der Waals surface area contributed by atoms with E-state index in [2.05, 4.69) is 9.44 Å². The summed E-state index contributed by atoms with van der Waals surface area (Å²) in [5.74, 6) is -3.41. The first-order valence-electron chi connectivity index (χ1n) is 7.93. The van der Waals surface area contributed by atoms with E-state index in [1.54, 1.807) is 0 Å². The third kappa shape index (κ3) is 8.74. The fourth-order valence-electron chi connectivity index (χ4n) is 2.15. The Morgan fingerprint density at radius 1 is 0.769 bits per heavy atom. The molecule has 0 bridgehead atoms. The first kappa shape index (κ1) is 24.5. The lowest BCUT2D eigenvalue weighted by Gasteiger charge is -2.18. The number of carboxylic acids is 2. The maximum atomic E-state index is 11.6. The molecule has 4 N–H and O–H groups in total. The van der Waals surface area contributed by atoms with Gasteiger partial charge in [-0.05, 0) is 40.5 Å². The minimum absolute atomic E-state index is 0.203. The third-order valence-corrected chi connectivity index (χ3v) is 6.47. The fourth-order valence-corrected chi connectivity index (χ4v) is 3.88. The molecular weight excluding hydrogens is 388 g/mol. The van der Waals surface area contributed by atoms with Crippen LogP contribution in [0.25, 0.3) is 0 Å². The number of sulfonamides is 2. The number of carbonyl (C=O) groups is 2. The minimum atomic E-state index is -3.59. The Hall–Kier alpha value is -1.50. The number of aliphatic carboxylic acids is 2. The van der Waals surface area contributed by atoms with Gasteiger partial charge in [-0.15, -0.1) is 0 Å². The molecule has 12 heteroatoms. The molecule has 0 aliphatic rings. The van der Waals surface area contributed by atoms with Crippen LogP contribution in [0, 0.1) is 0 Å². The van der Waals surface area contributed by atoms with Crippen molar-refractivity contribution in [1.29, 1.82) is 0 Å². The van der Waals surface area contributed by atoms with Crippen LogP contribution in [0.2, 0.25) is 0 Å². The number of hydrogen-bond donors (Lipinski definition) is 4. The Bertz CT molecular complexity index is 692. The summed E-state index contributed by atoms with van der Waals surface area (Å²) >= 11 is 0. The maximum Gasteiger partial charge on any atom is 0.332 e. The zero-order chi connectivity index (χ0) is 20.7. The number of rotatable bonds is 12. The molecule has 0 aromatic carbocycles. The third-order valence-electron chi connectivity index (χ3n) is 3.42. The van der Waals surface area contributed by atoms with Gasteiger partial charge in [0.25, 0.3) is 0 Å². The van der Waals surface area contributed by atoms with E-state index in [-0.39, 0.29) is 24.3 Å². The second-order valence-electron chi connectivity index (χ2n) is 5.82. The SMILES string of the molecule is CCS(=O)(=O)N[C@@H](C)C/C(C(=O)O)=C(/C[C@H](C)NS(=O)(=O)CC)C(=O)O. The number of hydrogen-bond acceptors (Lipinski definition) is 6. The molecule has 0 saturated carbocycles. The first-order valence-corrected chi connectivity index (χ1v) is 11.2. The zero-order valence-electron chi connectivity index (χ0n) is 15.1. The van der Waals surface area contributed by atoms with Crippen molar-refractivity contribution in [2.45, 2.75) is 52.6 Å². The second-order valence-corrected chi connectivity index (χ2v) is 9.91. The standard InChI is InChI=1S/C14H26N2O8S2/c1-5-25(21,22)15-9(3)7-11(13(17)18)12(14(19)20)8-10(4)16-26(23,24)6-2/h9-10,15-16H,5-8H2,1-4H3,(H,17,18)(H,19,20)/b12-11+/t9-,10-/m0/s1. The summed E-state index contributed by atoms with van der Waals surface area (Å²) in [4.78, 5) is 23.0. The van der Waals surface area contributed by atoms with Gasteiger partial charge < -0.3 is 10.2 Å². The van der Waals surface area contributed by atoms with Crippen molar-refractivity contribution in [1.82, 2.24) is 9.44 Å². The highest BCUT2D eigenvalue weighted by molar-refractivity contribution is 7.89. The largest absolute Gasteiger partial charge is 0.478 e. The number of carboxylic acid groups (broad SMARTS) is 2. The van der Waals surface area contributed by atoms with Crippen LogP contribution in [0.4, 0.5) is 0 Å². The van der Waals surface area contributed by atoms with Crippen LogP contribution in [-0.4, -0.2) is 62.6 Å². The van der Waals surface area contributed by atoms with Crippen LogP contribution in [0.1, 0.15) is 40.5 Å². The Balaban J connectivity index is 5.62. The summed E-state index contributed by atoms with van der Waals surface area (Å²) in [6, 6.07) is -1.69. The summed E-state index contributed by atoms with van der Waals surface area (Å²) in [5.41, 5.74) is -0.960. The Kier molecular flexibility index (Phi) is 9.42. The lowest BCUT2D eigenvalue weighted by atomic mass is 9.97. The van der Waals surface area contributed by atoms with Gasteiger partial charge in [0.05, 0.1) is 11.5 Å². The van der Waals surface area contributed by atoms with Crippen molar-refractivity contribution in [2.24, 2.45) is 0 Å². The first-order chi connectivity index (χ1) is 11.7. The highest BCUT2D eigenvalue weighted by Gasteiger charge is 2.26. The van der Waals surface area contributed by atoms with Crippen LogP contribution in [0.5, 0.6) is 0 Å². The van der Waals surface area contributed by atoms with Gasteiger partial charge in [0.2, 0.25) is 20.0 Å². The molecule has 0 radical (unpaired) electrons. The quantitative estimate of drug-likeness (QED) is 0.321. The van der Waals surface area contributed by atoms with Gasteiger partial charge in [-0.3, -0.25) is 0 Å². The zero-order valence-corrected chi connectivity index (χ0v) is 16.8. The predicted molar refractivity (Wildman–Crippen MR) is 95.6 cm³/mol. The highest BCUT2D eigenvalue weighted by Crippen LogP contribution is 2.18. The monoisotopic (exact) mass is 414 g/mol. The van der Waals surface area contributed by atoms with Crippen LogP contribution >= 0.6 is 0 Å². The molecule has 0 rings (SSSR count). The van der Waals surface area contributed by atoms with Gasteiger partial charge in [-0.1, -0.05) is 0 Å². The average Bonchev–Trinajstić information content (AvgIpc) is 2.49. The Morgan fingerprint density at radius 2 is 1.04 bits per heavy atom. The van der Waals surface area contributed by atoms with Crippen molar-refractivity contribution < 1.29 is 36.6 Å². The molecule has 152 valence electrons. The van der Waals surface area contributed by atoms with Gasteiger partial charge in [-0.2, -0.15) is 0 Å². The van der Waals surface area contributed by atoms with Crippen molar-refractivity contribution >= 4 is 32.0 Å². The summed E-state index contributed by atoms with van der Waals surface area (Å²) in [6.07, 6.45) is -0.715. The van der Waals surface area contributed by atoms with Crippen LogP contribution in [0.15, 0.2) is 11.1 Å². The van der Waals surface area contributed by atoms with E-state index in [1.165, 1.54) is 27.7 Å². The Morgan fingerprint density at radius 3 is 1.23 bits per heavy atom. The van der Waals surface area contributed by atoms with Crippen molar-refractivity contribution in [3.8, 4) is 0 Å². The Labute approximate surface area is 153 Å². The lowest BCUT2D eigenvalue weighted by Crippen LogP contribution is -2.36. The lowest BCUT2D eigenvalue weighted by molar-refractivity contribution is -0.136.